The molecular formula is C4H10O4SSi. The summed E-state index contributed by atoms with van der Waals surface area (Å²) in [6.07, 6.45) is 0. The van der Waals surface area contributed by atoms with Crippen molar-refractivity contribution in [3.63, 3.8) is 0 Å². The molecule has 0 saturated heterocycles. The zero-order valence-electron chi connectivity index (χ0n) is 6.12. The van der Waals surface area contributed by atoms with Crippen LogP contribution in [0.15, 0.2) is 0 Å². The Morgan fingerprint density at radius 3 is 1.70 bits per heavy atom. The molecule has 0 aromatic rings. The monoisotopic (exact) mass is 182 g/mol. The third-order valence-corrected chi connectivity index (χ3v) is 4.29. The molecule has 0 spiro atoms. The summed E-state index contributed by atoms with van der Waals surface area (Å²) < 4.78 is 24.8. The zero-order chi connectivity index (χ0) is 8.04. The van der Waals surface area contributed by atoms with Crippen LogP contribution in [-0.4, -0.2) is 39.3 Å². The number of rotatable bonds is 4. The molecule has 10 heavy (non-hydrogen) atoms. The van der Waals surface area contributed by atoms with Gasteiger partial charge < -0.3 is 13.3 Å². The molecule has 0 bridgehead atoms. The Bertz CT molecular complexity index is 132. The van der Waals surface area contributed by atoms with Crippen molar-refractivity contribution in [1.29, 1.82) is 0 Å². The van der Waals surface area contributed by atoms with Gasteiger partial charge in [-0.05, 0) is 0 Å². The first-order chi connectivity index (χ1) is 4.74. The van der Waals surface area contributed by atoms with E-state index in [1.807, 2.05) is 0 Å². The van der Waals surface area contributed by atoms with Crippen LogP contribution in [0.2, 0.25) is 0 Å². The summed E-state index contributed by atoms with van der Waals surface area (Å²) in [6.45, 7) is 0. The Hall–Kier alpha value is -0.0131. The first-order valence-corrected chi connectivity index (χ1v) is 5.13. The fourth-order valence-corrected chi connectivity index (χ4v) is 2.58. The summed E-state index contributed by atoms with van der Waals surface area (Å²) in [5.74, 6) is 0. The minimum Gasteiger partial charge on any atom is -0.373 e. The zero-order valence-corrected chi connectivity index (χ0v) is 7.94. The Morgan fingerprint density at radius 1 is 1.20 bits per heavy atom. The third kappa shape index (κ3) is 2.31. The van der Waals surface area contributed by atoms with E-state index in [0.717, 1.165) is 0 Å². The molecule has 4 nitrogen and oxygen atoms in total. The molecule has 0 aliphatic carbocycles. The standard InChI is InChI=1S/C4H10O4SSi/c1-6-10(7-2,8-3)4-9-5/h4H,1-3H3. The van der Waals surface area contributed by atoms with Crippen molar-refractivity contribution in [3.05, 3.63) is 0 Å². The molecule has 0 aliphatic rings. The number of hydrogen-bond donors (Lipinski definition) is 0. The summed E-state index contributed by atoms with van der Waals surface area (Å²) in [5.41, 5.74) is 0. The highest BCUT2D eigenvalue weighted by Gasteiger charge is 2.35. The van der Waals surface area contributed by atoms with Crippen LogP contribution in [0.5, 0.6) is 0 Å². The van der Waals surface area contributed by atoms with Crippen molar-refractivity contribution < 1.29 is 17.5 Å². The molecule has 0 saturated carbocycles. The quantitative estimate of drug-likeness (QED) is 0.431. The van der Waals surface area contributed by atoms with Gasteiger partial charge in [0.15, 0.2) is 0 Å². The van der Waals surface area contributed by atoms with Gasteiger partial charge in [0, 0.05) is 21.3 Å². The fourth-order valence-electron chi connectivity index (χ4n) is 0.453. The topological polar surface area (TPSA) is 44.8 Å². The van der Waals surface area contributed by atoms with Gasteiger partial charge in [0.1, 0.15) is 0 Å². The Balaban J connectivity index is 4.29. The minimum atomic E-state index is -2.69. The molecule has 0 amide bonds. The molecule has 0 fully saturated rings. The van der Waals surface area contributed by atoms with E-state index in [0.29, 0.717) is 11.3 Å². The molecule has 0 rings (SSSR count). The first kappa shape index (κ1) is 9.99. The molecule has 0 N–H and O–H groups in total. The van der Waals surface area contributed by atoms with Crippen molar-refractivity contribution in [2.45, 2.75) is 0 Å². The maximum atomic E-state index is 10.1. The highest BCUT2D eigenvalue weighted by molar-refractivity contribution is 7.69. The lowest BCUT2D eigenvalue weighted by molar-refractivity contribution is 0.147. The lowest BCUT2D eigenvalue weighted by atomic mass is 11.8. The van der Waals surface area contributed by atoms with E-state index < -0.39 is 8.80 Å². The van der Waals surface area contributed by atoms with E-state index in [1.165, 1.54) is 26.3 Å². The second kappa shape index (κ2) is 4.75. The lowest BCUT2D eigenvalue weighted by Gasteiger charge is -2.18. The van der Waals surface area contributed by atoms with Crippen LogP contribution in [0.3, 0.4) is 0 Å². The molecular weight excluding hydrogens is 172 g/mol. The van der Waals surface area contributed by atoms with Crippen molar-refractivity contribution in [2.24, 2.45) is 0 Å². The second-order valence-electron chi connectivity index (χ2n) is 1.43. The van der Waals surface area contributed by atoms with E-state index in [1.54, 1.807) is 0 Å². The van der Waals surface area contributed by atoms with Crippen LogP contribution in [0, 0.1) is 0 Å². The Labute approximate surface area is 64.5 Å². The first-order valence-electron chi connectivity index (χ1n) is 2.53. The maximum absolute atomic E-state index is 10.1. The Morgan fingerprint density at radius 2 is 1.60 bits per heavy atom. The summed E-state index contributed by atoms with van der Waals surface area (Å²) in [4.78, 5) is 1.31. The molecule has 0 radical (unpaired) electrons. The third-order valence-electron chi connectivity index (χ3n) is 1.05. The average Bonchev–Trinajstić information content (AvgIpc) is 2.01. The molecule has 0 aromatic carbocycles. The smallest absolute Gasteiger partial charge is 0.373 e. The summed E-state index contributed by atoms with van der Waals surface area (Å²) in [7, 11) is 1.66. The predicted molar refractivity (Wildman–Crippen MR) is 41.0 cm³/mol. The van der Waals surface area contributed by atoms with Gasteiger partial charge in [-0.15, -0.1) is 0 Å². The van der Waals surface area contributed by atoms with Crippen molar-refractivity contribution >= 4 is 25.1 Å². The molecule has 0 atom stereocenters. The van der Waals surface area contributed by atoms with E-state index in [9.17, 15) is 4.21 Å². The van der Waals surface area contributed by atoms with Gasteiger partial charge in [0.25, 0.3) is 0 Å². The Kier molecular flexibility index (Phi) is 4.74. The molecule has 60 valence electrons. The minimum absolute atomic E-state index is 0.294. The van der Waals surface area contributed by atoms with E-state index in [4.69, 9.17) is 13.3 Å². The van der Waals surface area contributed by atoms with Gasteiger partial charge in [0.05, 0.1) is 16.2 Å². The molecule has 6 heteroatoms. The fraction of sp³-hybridized carbons (Fsp3) is 0.750. The molecule has 0 aliphatic heterocycles. The van der Waals surface area contributed by atoms with Crippen LogP contribution in [0.4, 0.5) is 0 Å². The largest absolute Gasteiger partial charge is 0.542 e. The normalized spacial score (nSPS) is 11.1. The highest BCUT2D eigenvalue weighted by atomic mass is 32.1. The van der Waals surface area contributed by atoms with Gasteiger partial charge >= 0.3 is 8.80 Å². The van der Waals surface area contributed by atoms with E-state index >= 15 is 0 Å². The molecule has 0 unspecified atom stereocenters. The van der Waals surface area contributed by atoms with Gasteiger partial charge in [-0.3, -0.25) is 0 Å². The average molecular weight is 182 g/mol. The lowest BCUT2D eigenvalue weighted by Crippen LogP contribution is -2.45. The van der Waals surface area contributed by atoms with Gasteiger partial charge in [-0.1, -0.05) is 0 Å². The summed E-state index contributed by atoms with van der Waals surface area (Å²) >= 11 is 0.294. The summed E-state index contributed by atoms with van der Waals surface area (Å²) in [5, 5.41) is 0. The maximum Gasteiger partial charge on any atom is 0.542 e. The highest BCUT2D eigenvalue weighted by Crippen LogP contribution is 2.00. The second-order valence-corrected chi connectivity index (χ2v) is 5.00. The summed E-state index contributed by atoms with van der Waals surface area (Å²) in [6, 6.07) is 0. The van der Waals surface area contributed by atoms with Crippen LogP contribution in [-0.2, 0) is 24.5 Å². The van der Waals surface area contributed by atoms with Crippen LogP contribution >= 0.6 is 0 Å². The van der Waals surface area contributed by atoms with Gasteiger partial charge in [-0.2, -0.15) is 0 Å². The number of hydrogen-bond acceptors (Lipinski definition) is 4. The predicted octanol–water partition coefficient (Wildman–Crippen LogP) is -0.581. The van der Waals surface area contributed by atoms with Crippen LogP contribution < -0.4 is 0 Å². The van der Waals surface area contributed by atoms with Gasteiger partial charge in [0.2, 0.25) is 0 Å². The SMILES string of the molecule is CO[Si](C=S=O)(OC)OC. The van der Waals surface area contributed by atoms with E-state index in [2.05, 4.69) is 0 Å². The van der Waals surface area contributed by atoms with Crippen molar-refractivity contribution in [2.75, 3.05) is 21.3 Å². The van der Waals surface area contributed by atoms with Crippen LogP contribution in [0.25, 0.3) is 0 Å². The van der Waals surface area contributed by atoms with Crippen molar-refractivity contribution in [1.82, 2.24) is 0 Å². The van der Waals surface area contributed by atoms with E-state index in [-0.39, 0.29) is 0 Å². The molecule has 0 aromatic heterocycles. The molecule has 0 heterocycles. The van der Waals surface area contributed by atoms with Crippen LogP contribution in [0.1, 0.15) is 0 Å². The van der Waals surface area contributed by atoms with Gasteiger partial charge in [-0.25, -0.2) is 4.21 Å². The van der Waals surface area contributed by atoms with Crippen molar-refractivity contribution in [3.8, 4) is 0 Å².